The number of nitrogens with zero attached hydrogens (tertiary/aromatic N) is 1. The Hall–Kier alpha value is -1.82. The van der Waals surface area contributed by atoms with Gasteiger partial charge >= 0.3 is 0 Å². The zero-order valence-corrected chi connectivity index (χ0v) is 10.5. The van der Waals surface area contributed by atoms with Crippen LogP contribution in [-0.4, -0.2) is 30.1 Å². The summed E-state index contributed by atoms with van der Waals surface area (Å²) in [5, 5.41) is 16.7. The largest absolute Gasteiger partial charge is 0.504 e. The molecule has 17 heavy (non-hydrogen) atoms. The van der Waals surface area contributed by atoms with Gasteiger partial charge in [0.2, 0.25) is 0 Å². The van der Waals surface area contributed by atoms with Crippen LogP contribution in [0, 0.1) is 0 Å². The Labute approximate surface area is 105 Å². The van der Waals surface area contributed by atoms with E-state index in [4.69, 9.17) is 17.0 Å². The minimum absolute atomic E-state index is 0.0979. The van der Waals surface area contributed by atoms with Gasteiger partial charge in [-0.1, -0.05) is 0 Å². The van der Waals surface area contributed by atoms with Crippen molar-refractivity contribution in [3.8, 4) is 11.5 Å². The van der Waals surface area contributed by atoms with Crippen molar-refractivity contribution in [2.45, 2.75) is 6.92 Å². The summed E-state index contributed by atoms with van der Waals surface area (Å²) in [5.74, 6) is 0.504. The molecule has 1 aromatic rings. The molecule has 0 heterocycles. The molecule has 0 fully saturated rings. The Bertz CT molecular complexity index is 421. The van der Waals surface area contributed by atoms with Gasteiger partial charge in [0.1, 0.15) is 0 Å². The number of ether oxygens (including phenoxy) is 1. The number of hydrogen-bond acceptors (Lipinski definition) is 4. The average molecular weight is 253 g/mol. The second-order valence-corrected chi connectivity index (χ2v) is 3.57. The van der Waals surface area contributed by atoms with Crippen LogP contribution in [-0.2, 0) is 0 Å². The molecule has 5 nitrogen and oxygen atoms in total. The number of methoxy groups -OCH3 is 1. The Morgan fingerprint density at radius 1 is 1.59 bits per heavy atom. The van der Waals surface area contributed by atoms with Crippen LogP contribution in [0.2, 0.25) is 0 Å². The van der Waals surface area contributed by atoms with E-state index in [0.29, 0.717) is 10.9 Å². The van der Waals surface area contributed by atoms with Gasteiger partial charge in [-0.25, -0.2) is 0 Å². The van der Waals surface area contributed by atoms with Crippen LogP contribution in [0.5, 0.6) is 11.5 Å². The Morgan fingerprint density at radius 3 is 3.00 bits per heavy atom. The van der Waals surface area contributed by atoms with E-state index in [0.717, 1.165) is 12.1 Å². The molecule has 1 aromatic carbocycles. The number of thiocarbonyl (C=S) groups is 1. The zero-order valence-electron chi connectivity index (χ0n) is 9.73. The van der Waals surface area contributed by atoms with Crippen molar-refractivity contribution < 1.29 is 9.84 Å². The third kappa shape index (κ3) is 4.28. The highest BCUT2D eigenvalue weighted by atomic mass is 32.1. The normalized spacial score (nSPS) is 10.2. The Balaban J connectivity index is 2.62. The van der Waals surface area contributed by atoms with Gasteiger partial charge in [-0.3, -0.25) is 5.43 Å². The first-order valence-corrected chi connectivity index (χ1v) is 5.52. The number of aromatic hydroxyl groups is 1. The summed E-state index contributed by atoms with van der Waals surface area (Å²) in [4.78, 5) is 0. The van der Waals surface area contributed by atoms with Crippen molar-refractivity contribution >= 4 is 23.5 Å². The first kappa shape index (κ1) is 13.2. The molecule has 0 aliphatic rings. The van der Waals surface area contributed by atoms with Gasteiger partial charge in [0.15, 0.2) is 16.6 Å². The molecule has 0 saturated carbocycles. The van der Waals surface area contributed by atoms with Gasteiger partial charge < -0.3 is 15.2 Å². The summed E-state index contributed by atoms with van der Waals surface area (Å²) in [6.45, 7) is 2.69. The van der Waals surface area contributed by atoms with E-state index in [2.05, 4.69) is 15.8 Å². The topological polar surface area (TPSA) is 65.9 Å². The Kier molecular flexibility index (Phi) is 5.22. The maximum Gasteiger partial charge on any atom is 0.186 e. The predicted molar refractivity (Wildman–Crippen MR) is 71.7 cm³/mol. The molecular weight excluding hydrogens is 238 g/mol. The fourth-order valence-electron chi connectivity index (χ4n) is 1.14. The fraction of sp³-hybridized carbons (Fsp3) is 0.273. The summed E-state index contributed by atoms with van der Waals surface area (Å²) >= 11 is 4.94. The van der Waals surface area contributed by atoms with E-state index < -0.39 is 0 Å². The molecule has 0 unspecified atom stereocenters. The minimum atomic E-state index is 0.0979. The van der Waals surface area contributed by atoms with E-state index in [9.17, 15) is 5.11 Å². The lowest BCUT2D eigenvalue weighted by atomic mass is 10.2. The number of hydrazone groups is 1. The summed E-state index contributed by atoms with van der Waals surface area (Å²) in [6.07, 6.45) is 1.59. The summed E-state index contributed by atoms with van der Waals surface area (Å²) < 4.78 is 4.98. The molecule has 0 radical (unpaired) electrons. The number of benzene rings is 1. The number of nitrogens with one attached hydrogen (secondary N) is 2. The van der Waals surface area contributed by atoms with Crippen LogP contribution in [0.3, 0.4) is 0 Å². The molecule has 92 valence electrons. The van der Waals surface area contributed by atoms with Crippen LogP contribution >= 0.6 is 12.2 Å². The van der Waals surface area contributed by atoms with Crippen molar-refractivity contribution in [2.75, 3.05) is 13.7 Å². The van der Waals surface area contributed by atoms with Gasteiger partial charge in [-0.15, -0.1) is 0 Å². The highest BCUT2D eigenvalue weighted by molar-refractivity contribution is 7.80. The lowest BCUT2D eigenvalue weighted by Gasteiger charge is -2.04. The molecule has 0 aliphatic carbocycles. The molecule has 0 aromatic heterocycles. The van der Waals surface area contributed by atoms with Crippen molar-refractivity contribution in [1.82, 2.24) is 10.7 Å². The maximum absolute atomic E-state index is 9.40. The summed E-state index contributed by atoms with van der Waals surface area (Å²) in [5.41, 5.74) is 3.47. The van der Waals surface area contributed by atoms with Crippen molar-refractivity contribution in [1.29, 1.82) is 0 Å². The molecule has 3 N–H and O–H groups in total. The quantitative estimate of drug-likeness (QED) is 0.428. The average Bonchev–Trinajstić information content (AvgIpc) is 2.31. The van der Waals surface area contributed by atoms with Gasteiger partial charge in [-0.05, 0) is 42.9 Å². The minimum Gasteiger partial charge on any atom is -0.504 e. The number of hydrogen-bond donors (Lipinski definition) is 3. The molecule has 0 spiro atoms. The first-order valence-electron chi connectivity index (χ1n) is 5.11. The third-order valence-electron chi connectivity index (χ3n) is 1.92. The third-order valence-corrected chi connectivity index (χ3v) is 2.16. The van der Waals surface area contributed by atoms with Crippen LogP contribution in [0.15, 0.2) is 23.3 Å². The molecule has 6 heteroatoms. The summed E-state index contributed by atoms with van der Waals surface area (Å²) in [6, 6.07) is 4.94. The van der Waals surface area contributed by atoms with Crippen LogP contribution in [0.1, 0.15) is 12.5 Å². The molecular formula is C11H15N3O2S. The van der Waals surface area contributed by atoms with E-state index in [1.165, 1.54) is 7.11 Å². The monoisotopic (exact) mass is 253 g/mol. The second-order valence-electron chi connectivity index (χ2n) is 3.16. The van der Waals surface area contributed by atoms with Gasteiger partial charge in [0, 0.05) is 6.54 Å². The highest BCUT2D eigenvalue weighted by Gasteiger charge is 2.00. The second kappa shape index (κ2) is 6.70. The fourth-order valence-corrected chi connectivity index (χ4v) is 1.34. The predicted octanol–water partition coefficient (Wildman–Crippen LogP) is 1.22. The Morgan fingerprint density at radius 2 is 2.35 bits per heavy atom. The first-order chi connectivity index (χ1) is 8.17. The molecule has 0 aliphatic heterocycles. The lowest BCUT2D eigenvalue weighted by molar-refractivity contribution is 0.373. The van der Waals surface area contributed by atoms with E-state index in [1.54, 1.807) is 24.4 Å². The molecule has 0 atom stereocenters. The summed E-state index contributed by atoms with van der Waals surface area (Å²) in [7, 11) is 1.49. The molecule has 0 amide bonds. The smallest absolute Gasteiger partial charge is 0.186 e. The SMILES string of the molecule is CCNC(=S)N/N=C\c1ccc(O)c(OC)c1. The number of phenolic OH excluding ortho intramolecular Hbond substituents is 1. The zero-order chi connectivity index (χ0) is 12.7. The standard InChI is InChI=1S/C11H15N3O2S/c1-3-12-11(17)14-13-7-8-4-5-9(15)10(6-8)16-2/h4-7,15H,3H2,1-2H3,(H2,12,14,17)/b13-7-. The van der Waals surface area contributed by atoms with Crippen molar-refractivity contribution in [2.24, 2.45) is 5.10 Å². The molecule has 0 bridgehead atoms. The molecule has 1 rings (SSSR count). The number of rotatable bonds is 4. The van der Waals surface area contributed by atoms with Crippen LogP contribution < -0.4 is 15.5 Å². The maximum atomic E-state index is 9.40. The van der Waals surface area contributed by atoms with Gasteiger partial charge in [0.05, 0.1) is 13.3 Å². The van der Waals surface area contributed by atoms with Crippen LogP contribution in [0.4, 0.5) is 0 Å². The van der Waals surface area contributed by atoms with E-state index in [-0.39, 0.29) is 5.75 Å². The van der Waals surface area contributed by atoms with Crippen LogP contribution in [0.25, 0.3) is 0 Å². The van der Waals surface area contributed by atoms with E-state index >= 15 is 0 Å². The van der Waals surface area contributed by atoms with Gasteiger partial charge in [0.25, 0.3) is 0 Å². The van der Waals surface area contributed by atoms with E-state index in [1.807, 2.05) is 6.92 Å². The highest BCUT2D eigenvalue weighted by Crippen LogP contribution is 2.25. The van der Waals surface area contributed by atoms with Gasteiger partial charge in [-0.2, -0.15) is 5.10 Å². The van der Waals surface area contributed by atoms with Crippen molar-refractivity contribution in [3.05, 3.63) is 23.8 Å². The molecule has 0 saturated heterocycles. The lowest BCUT2D eigenvalue weighted by Crippen LogP contribution is -2.31. The van der Waals surface area contributed by atoms with Crippen molar-refractivity contribution in [3.63, 3.8) is 0 Å². The number of phenols is 1.